The Morgan fingerprint density at radius 2 is 2.20 bits per heavy atom. The van der Waals surface area contributed by atoms with Gasteiger partial charge < -0.3 is 0 Å². The summed E-state index contributed by atoms with van der Waals surface area (Å²) in [4.78, 5) is 24.2. The van der Waals surface area contributed by atoms with Crippen LogP contribution in [-0.4, -0.2) is 20.9 Å². The number of carbonyl (C=O) groups excluding carboxylic acids is 1. The normalized spacial score (nSPS) is 10.2. The molecule has 0 aromatic carbocycles. The van der Waals surface area contributed by atoms with Crippen LogP contribution in [0.1, 0.15) is 34.0 Å². The van der Waals surface area contributed by atoms with E-state index in [2.05, 4.69) is 27.2 Å². The van der Waals surface area contributed by atoms with Gasteiger partial charge in [0.2, 0.25) is 11.9 Å². The van der Waals surface area contributed by atoms with E-state index in [0.29, 0.717) is 12.4 Å². The number of rotatable bonds is 6. The number of amides is 1. The van der Waals surface area contributed by atoms with E-state index in [1.807, 2.05) is 12.1 Å². The summed E-state index contributed by atoms with van der Waals surface area (Å²) in [7, 11) is 0. The number of carbonyl (C=O) groups is 1. The topological polar surface area (TPSA) is 67.8 Å². The van der Waals surface area contributed by atoms with Gasteiger partial charge in [0, 0.05) is 32.0 Å². The molecular weight excluding hydrogens is 252 g/mol. The second kappa shape index (κ2) is 7.33. The van der Waals surface area contributed by atoms with Crippen LogP contribution >= 0.6 is 0 Å². The summed E-state index contributed by atoms with van der Waals surface area (Å²) in [6, 6.07) is 5.56. The molecule has 20 heavy (non-hydrogen) atoms. The van der Waals surface area contributed by atoms with E-state index in [-0.39, 0.29) is 7.33 Å². The summed E-state index contributed by atoms with van der Waals surface area (Å²) < 4.78 is 0. The number of aromatic nitrogens is 3. The molecule has 5 nitrogen and oxygen atoms in total. The average molecular weight is 272 g/mol. The lowest BCUT2D eigenvalue weighted by Gasteiger charge is -2.05. The molecule has 2 heterocycles. The number of hydrogen-bond acceptors (Lipinski definition) is 4. The maximum atomic E-state index is 11.7. The van der Waals surface area contributed by atoms with Gasteiger partial charge in [-0.05, 0) is 24.6 Å². The van der Waals surface area contributed by atoms with E-state index in [1.54, 1.807) is 24.7 Å². The van der Waals surface area contributed by atoms with Gasteiger partial charge in [0.25, 0.3) is 0 Å². The molecule has 0 unspecified atom stereocenters. The largest absolute Gasteiger partial charge is 0.295 e. The molecular formula is C15H20N4O. The number of anilines is 1. The molecule has 0 aliphatic rings. The van der Waals surface area contributed by atoms with Crippen LogP contribution in [-0.2, 0) is 4.79 Å². The van der Waals surface area contributed by atoms with Gasteiger partial charge in [-0.15, -0.1) is 0 Å². The molecule has 2 aromatic heterocycles. The Labute approximate surface area is 120 Å². The van der Waals surface area contributed by atoms with Gasteiger partial charge in [0.15, 0.2) is 0 Å². The number of unbranched alkanes of at least 4 members (excludes halogenated alkanes) is 2. The summed E-state index contributed by atoms with van der Waals surface area (Å²) in [6.45, 7) is 2.11. The maximum absolute atomic E-state index is 11.7. The van der Waals surface area contributed by atoms with E-state index >= 15 is 0 Å². The highest BCUT2D eigenvalue weighted by Gasteiger charge is 2.06. The highest BCUT2D eigenvalue weighted by Crippen LogP contribution is 2.15. The van der Waals surface area contributed by atoms with Gasteiger partial charge in [0.1, 0.15) is 0 Å². The zero-order valence-corrected chi connectivity index (χ0v) is 11.5. The lowest BCUT2D eigenvalue weighted by molar-refractivity contribution is -0.116. The SMILES string of the molecule is CCCCCC(=O)Nc1nccc(-c2cccnc2)n1.[HH]. The molecule has 0 radical (unpaired) electrons. The lowest BCUT2D eigenvalue weighted by Crippen LogP contribution is -2.13. The molecule has 5 heteroatoms. The molecule has 2 rings (SSSR count). The second-order valence-corrected chi connectivity index (χ2v) is 4.51. The lowest BCUT2D eigenvalue weighted by atomic mass is 10.2. The summed E-state index contributed by atoms with van der Waals surface area (Å²) in [5.74, 6) is 0.301. The smallest absolute Gasteiger partial charge is 0.229 e. The van der Waals surface area contributed by atoms with Gasteiger partial charge >= 0.3 is 0 Å². The number of hydrogen-bond donors (Lipinski definition) is 1. The van der Waals surface area contributed by atoms with Gasteiger partial charge in [-0.1, -0.05) is 19.8 Å². The monoisotopic (exact) mass is 272 g/mol. The highest BCUT2D eigenvalue weighted by atomic mass is 16.1. The Kier molecular flexibility index (Phi) is 5.17. The van der Waals surface area contributed by atoms with Crippen molar-refractivity contribution in [1.29, 1.82) is 0 Å². The van der Waals surface area contributed by atoms with E-state index in [1.165, 1.54) is 0 Å². The Balaban J connectivity index is 0.00000220. The minimum atomic E-state index is -0.0400. The van der Waals surface area contributed by atoms with E-state index in [0.717, 1.165) is 30.5 Å². The number of pyridine rings is 1. The van der Waals surface area contributed by atoms with Crippen LogP contribution in [0.2, 0.25) is 0 Å². The van der Waals surface area contributed by atoms with Crippen molar-refractivity contribution in [2.75, 3.05) is 5.32 Å². The summed E-state index contributed by atoms with van der Waals surface area (Å²) >= 11 is 0. The maximum Gasteiger partial charge on any atom is 0.229 e. The third kappa shape index (κ3) is 4.12. The average Bonchev–Trinajstić information content (AvgIpc) is 2.49. The first-order chi connectivity index (χ1) is 9.79. The fraction of sp³-hybridized carbons (Fsp3) is 0.333. The van der Waals surface area contributed by atoms with Crippen molar-refractivity contribution >= 4 is 11.9 Å². The molecule has 0 saturated heterocycles. The Hall–Kier alpha value is -2.30. The highest BCUT2D eigenvalue weighted by molar-refractivity contribution is 5.89. The molecule has 0 bridgehead atoms. The molecule has 0 aliphatic heterocycles. The third-order valence-corrected chi connectivity index (χ3v) is 2.87. The quantitative estimate of drug-likeness (QED) is 0.819. The molecule has 0 atom stereocenters. The van der Waals surface area contributed by atoms with Crippen LogP contribution in [0.5, 0.6) is 0 Å². The van der Waals surface area contributed by atoms with Crippen molar-refractivity contribution in [3.05, 3.63) is 36.8 Å². The Morgan fingerprint density at radius 3 is 2.95 bits per heavy atom. The minimum Gasteiger partial charge on any atom is -0.295 e. The van der Waals surface area contributed by atoms with Gasteiger partial charge in [-0.2, -0.15) is 0 Å². The van der Waals surface area contributed by atoms with Gasteiger partial charge in [-0.25, -0.2) is 9.97 Å². The van der Waals surface area contributed by atoms with Crippen LogP contribution in [0, 0.1) is 0 Å². The van der Waals surface area contributed by atoms with Crippen LogP contribution in [0.25, 0.3) is 11.3 Å². The first kappa shape index (κ1) is 14.1. The van der Waals surface area contributed by atoms with Crippen molar-refractivity contribution in [1.82, 2.24) is 15.0 Å². The fourth-order valence-corrected chi connectivity index (χ4v) is 1.82. The summed E-state index contributed by atoms with van der Waals surface area (Å²) in [5.41, 5.74) is 1.65. The summed E-state index contributed by atoms with van der Waals surface area (Å²) in [5, 5.41) is 2.73. The molecule has 0 spiro atoms. The molecule has 0 fully saturated rings. The van der Waals surface area contributed by atoms with Crippen LogP contribution in [0.4, 0.5) is 5.95 Å². The molecule has 106 valence electrons. The van der Waals surface area contributed by atoms with Gasteiger partial charge in [0.05, 0.1) is 5.69 Å². The van der Waals surface area contributed by atoms with Gasteiger partial charge in [-0.3, -0.25) is 15.1 Å². The van der Waals surface area contributed by atoms with E-state index < -0.39 is 0 Å². The number of nitrogens with zero attached hydrogens (tertiary/aromatic N) is 3. The molecule has 1 N–H and O–H groups in total. The first-order valence-electron chi connectivity index (χ1n) is 6.83. The predicted octanol–water partition coefficient (Wildman–Crippen LogP) is 3.30. The molecule has 1 amide bonds. The van der Waals surface area contributed by atoms with Crippen molar-refractivity contribution in [3.8, 4) is 11.3 Å². The molecule has 2 aromatic rings. The number of nitrogens with one attached hydrogen (secondary N) is 1. The summed E-state index contributed by atoms with van der Waals surface area (Å²) in [6.07, 6.45) is 8.64. The van der Waals surface area contributed by atoms with Crippen molar-refractivity contribution in [2.24, 2.45) is 0 Å². The zero-order chi connectivity index (χ0) is 14.2. The van der Waals surface area contributed by atoms with Crippen molar-refractivity contribution in [2.45, 2.75) is 32.6 Å². The fourth-order valence-electron chi connectivity index (χ4n) is 1.82. The molecule has 0 saturated carbocycles. The van der Waals surface area contributed by atoms with Crippen LogP contribution < -0.4 is 5.32 Å². The minimum absolute atomic E-state index is 0. The third-order valence-electron chi connectivity index (χ3n) is 2.87. The Bertz CT molecular complexity index is 563. The standard InChI is InChI=1S/C15H18N4O.H2/c1-2-3-4-7-14(20)19-15-17-10-8-13(18-15)12-6-5-9-16-11-12;/h5-6,8-11H,2-4,7H2,1H3,(H,17,18,19,20);1H. The molecule has 0 aliphatic carbocycles. The van der Waals surface area contributed by atoms with Crippen LogP contribution in [0.15, 0.2) is 36.8 Å². The Morgan fingerprint density at radius 1 is 1.30 bits per heavy atom. The zero-order valence-electron chi connectivity index (χ0n) is 11.5. The predicted molar refractivity (Wildman–Crippen MR) is 80.1 cm³/mol. The van der Waals surface area contributed by atoms with Crippen molar-refractivity contribution in [3.63, 3.8) is 0 Å². The van der Waals surface area contributed by atoms with E-state index in [9.17, 15) is 4.79 Å². The second-order valence-electron chi connectivity index (χ2n) is 4.51. The van der Waals surface area contributed by atoms with Crippen molar-refractivity contribution < 1.29 is 6.22 Å². The van der Waals surface area contributed by atoms with Crippen LogP contribution in [0.3, 0.4) is 0 Å². The van der Waals surface area contributed by atoms with E-state index in [4.69, 9.17) is 0 Å². The first-order valence-corrected chi connectivity index (χ1v) is 6.83.